The average molecular weight is 408 g/mol. The molecule has 2 aromatic rings. The average Bonchev–Trinajstić information content (AvgIpc) is 2.65. The monoisotopic (exact) mass is 407 g/mol. The van der Waals surface area contributed by atoms with Crippen LogP contribution in [0.5, 0.6) is 0 Å². The zero-order valence-electron chi connectivity index (χ0n) is 15.5. The maximum atomic E-state index is 3.43. The lowest BCUT2D eigenvalue weighted by Crippen LogP contribution is -3.00. The van der Waals surface area contributed by atoms with Gasteiger partial charge in [0.05, 0.1) is 13.1 Å². The van der Waals surface area contributed by atoms with E-state index in [1.54, 1.807) is 0 Å². The second kappa shape index (κ2) is 10.2. The van der Waals surface area contributed by atoms with E-state index < -0.39 is 0 Å². The van der Waals surface area contributed by atoms with E-state index in [-0.39, 0.29) is 17.0 Å². The summed E-state index contributed by atoms with van der Waals surface area (Å²) in [7, 11) is 0. The molecule has 3 rings (SSSR count). The number of rotatable bonds is 2. The van der Waals surface area contributed by atoms with Gasteiger partial charge in [0.15, 0.2) is 0 Å². The summed E-state index contributed by atoms with van der Waals surface area (Å²) >= 11 is 0. The van der Waals surface area contributed by atoms with Crippen molar-refractivity contribution in [1.29, 1.82) is 0 Å². The predicted octanol–water partition coefficient (Wildman–Crippen LogP) is 1.40. The Balaban J connectivity index is 0.00000243. The number of benzene rings is 2. The lowest BCUT2D eigenvalue weighted by Gasteiger charge is -2.38. The van der Waals surface area contributed by atoms with Crippen LogP contribution < -0.4 is 17.0 Å². The van der Waals surface area contributed by atoms with Crippen LogP contribution in [-0.2, 0) is 0 Å². The number of nitrogens with zero attached hydrogens (tertiary/aromatic N) is 1. The number of aryl methyl sites for hydroxylation is 1. The molecule has 0 N–H and O–H groups in total. The third-order valence-corrected chi connectivity index (χ3v) is 4.88. The number of piperidine rings is 1. The molecule has 1 saturated heterocycles. The Labute approximate surface area is 168 Å². The van der Waals surface area contributed by atoms with Crippen LogP contribution in [0, 0.1) is 30.6 Å². The standard InChI is InChI=1S/C24H26N.BrH/c1-22-14-16-24(17-15-22)13-9-21-25(18-6-3-7-19-25)20-8-12-23-10-4-2-5-11-23;/h2,4-5,10-11,14-17H,3,6-7,18-21H2,1H3;1H/q+1;/p-1. The van der Waals surface area contributed by atoms with Crippen molar-refractivity contribution in [2.24, 2.45) is 0 Å². The molecule has 0 spiro atoms. The van der Waals surface area contributed by atoms with Gasteiger partial charge in [0, 0.05) is 11.1 Å². The maximum absolute atomic E-state index is 3.43. The lowest BCUT2D eigenvalue weighted by molar-refractivity contribution is -0.919. The van der Waals surface area contributed by atoms with Crippen LogP contribution in [0.2, 0.25) is 0 Å². The Hall–Kier alpha value is -2.00. The van der Waals surface area contributed by atoms with Gasteiger partial charge < -0.3 is 21.5 Å². The second-order valence-electron chi connectivity index (χ2n) is 7.00. The molecule has 1 fully saturated rings. The van der Waals surface area contributed by atoms with E-state index in [2.05, 4.69) is 67.0 Å². The summed E-state index contributed by atoms with van der Waals surface area (Å²) in [6, 6.07) is 18.7. The van der Waals surface area contributed by atoms with E-state index in [4.69, 9.17) is 0 Å². The largest absolute Gasteiger partial charge is 1.00 e. The fourth-order valence-corrected chi connectivity index (χ4v) is 3.33. The summed E-state index contributed by atoms with van der Waals surface area (Å²) < 4.78 is 1.03. The van der Waals surface area contributed by atoms with Crippen molar-refractivity contribution in [3.63, 3.8) is 0 Å². The Morgan fingerprint density at radius 1 is 0.731 bits per heavy atom. The quantitative estimate of drug-likeness (QED) is 0.521. The molecule has 0 bridgehead atoms. The van der Waals surface area contributed by atoms with Gasteiger partial charge >= 0.3 is 0 Å². The molecule has 26 heavy (non-hydrogen) atoms. The van der Waals surface area contributed by atoms with Crippen molar-refractivity contribution in [3.05, 3.63) is 71.3 Å². The molecule has 1 aliphatic heterocycles. The molecule has 0 radical (unpaired) electrons. The summed E-state index contributed by atoms with van der Waals surface area (Å²) in [5.41, 5.74) is 3.49. The SMILES string of the molecule is Cc1ccc(C#CC[N+]2(CC#Cc3ccccc3)CCCCC2)cc1.[Br-]. The van der Waals surface area contributed by atoms with E-state index in [0.717, 1.165) is 28.7 Å². The molecule has 0 amide bonds. The first-order valence-corrected chi connectivity index (χ1v) is 9.20. The minimum Gasteiger partial charge on any atom is -1.00 e. The molecule has 1 aliphatic rings. The molecule has 0 aromatic heterocycles. The van der Waals surface area contributed by atoms with E-state index in [1.807, 2.05) is 18.2 Å². The number of halogens is 1. The highest BCUT2D eigenvalue weighted by Crippen LogP contribution is 2.18. The summed E-state index contributed by atoms with van der Waals surface area (Å²) in [6.45, 7) is 6.31. The fraction of sp³-hybridized carbons (Fsp3) is 0.333. The van der Waals surface area contributed by atoms with Crippen molar-refractivity contribution in [3.8, 4) is 23.7 Å². The van der Waals surface area contributed by atoms with Crippen LogP contribution in [0.25, 0.3) is 0 Å². The molecule has 2 aromatic carbocycles. The molecular formula is C24H26BrN. The molecule has 0 saturated carbocycles. The number of likely N-dealkylation sites (tertiary alicyclic amines) is 1. The van der Waals surface area contributed by atoms with Gasteiger partial charge in [0.25, 0.3) is 0 Å². The first-order chi connectivity index (χ1) is 12.3. The van der Waals surface area contributed by atoms with E-state index in [1.165, 1.54) is 37.9 Å². The Kier molecular flexibility index (Phi) is 7.99. The highest BCUT2D eigenvalue weighted by molar-refractivity contribution is 5.36. The van der Waals surface area contributed by atoms with Crippen LogP contribution in [0.3, 0.4) is 0 Å². The van der Waals surface area contributed by atoms with Crippen molar-refractivity contribution < 1.29 is 21.5 Å². The lowest BCUT2D eigenvalue weighted by atomic mass is 10.1. The molecular weight excluding hydrogens is 382 g/mol. The molecule has 1 nitrogen and oxygen atoms in total. The minimum atomic E-state index is 0. The highest BCUT2D eigenvalue weighted by atomic mass is 79.9. The third-order valence-electron chi connectivity index (χ3n) is 4.88. The van der Waals surface area contributed by atoms with E-state index in [9.17, 15) is 0 Å². The zero-order chi connectivity index (χ0) is 17.4. The van der Waals surface area contributed by atoms with Gasteiger partial charge in [-0.25, -0.2) is 0 Å². The van der Waals surface area contributed by atoms with Gasteiger partial charge in [-0.1, -0.05) is 47.7 Å². The Morgan fingerprint density at radius 2 is 1.27 bits per heavy atom. The molecule has 0 aliphatic carbocycles. The normalized spacial score (nSPS) is 14.8. The number of quaternary nitrogens is 1. The fourth-order valence-electron chi connectivity index (χ4n) is 3.33. The van der Waals surface area contributed by atoms with Crippen molar-refractivity contribution in [2.75, 3.05) is 26.2 Å². The van der Waals surface area contributed by atoms with E-state index in [0.29, 0.717) is 0 Å². The van der Waals surface area contributed by atoms with Gasteiger partial charge in [-0.2, -0.15) is 0 Å². The molecule has 2 heteroatoms. The highest BCUT2D eigenvalue weighted by Gasteiger charge is 2.27. The van der Waals surface area contributed by atoms with Gasteiger partial charge in [-0.3, -0.25) is 0 Å². The summed E-state index contributed by atoms with van der Waals surface area (Å²) in [5.74, 6) is 13.5. The van der Waals surface area contributed by atoms with Crippen LogP contribution >= 0.6 is 0 Å². The first kappa shape index (κ1) is 20.3. The molecule has 134 valence electrons. The van der Waals surface area contributed by atoms with Gasteiger partial charge in [-0.05, 0) is 62.3 Å². The summed E-state index contributed by atoms with van der Waals surface area (Å²) in [6.07, 6.45) is 3.93. The maximum Gasteiger partial charge on any atom is 0.142 e. The number of hydrogen-bond donors (Lipinski definition) is 0. The van der Waals surface area contributed by atoms with Gasteiger partial charge in [0.1, 0.15) is 13.1 Å². The van der Waals surface area contributed by atoms with E-state index >= 15 is 0 Å². The summed E-state index contributed by atoms with van der Waals surface area (Å²) in [5, 5.41) is 0. The Morgan fingerprint density at radius 3 is 1.85 bits per heavy atom. The van der Waals surface area contributed by atoms with Gasteiger partial charge in [0.2, 0.25) is 0 Å². The smallest absolute Gasteiger partial charge is 0.142 e. The topological polar surface area (TPSA) is 0 Å². The Bertz CT molecular complexity index is 795. The predicted molar refractivity (Wildman–Crippen MR) is 105 cm³/mol. The number of hydrogen-bond acceptors (Lipinski definition) is 0. The van der Waals surface area contributed by atoms with Crippen LogP contribution in [0.4, 0.5) is 0 Å². The molecule has 1 heterocycles. The van der Waals surface area contributed by atoms with Crippen LogP contribution in [-0.4, -0.2) is 30.7 Å². The van der Waals surface area contributed by atoms with Crippen LogP contribution in [0.15, 0.2) is 54.6 Å². The van der Waals surface area contributed by atoms with Crippen molar-refractivity contribution in [2.45, 2.75) is 26.2 Å². The third kappa shape index (κ3) is 6.06. The first-order valence-electron chi connectivity index (χ1n) is 9.20. The van der Waals surface area contributed by atoms with Crippen LogP contribution in [0.1, 0.15) is 36.0 Å². The zero-order valence-corrected chi connectivity index (χ0v) is 17.1. The van der Waals surface area contributed by atoms with Crippen molar-refractivity contribution >= 4 is 0 Å². The van der Waals surface area contributed by atoms with Crippen molar-refractivity contribution in [1.82, 2.24) is 0 Å². The van der Waals surface area contributed by atoms with Gasteiger partial charge in [-0.15, -0.1) is 0 Å². The summed E-state index contributed by atoms with van der Waals surface area (Å²) in [4.78, 5) is 0. The second-order valence-corrected chi connectivity index (χ2v) is 7.00. The molecule has 0 unspecified atom stereocenters. The minimum absolute atomic E-state index is 0. The molecule has 0 atom stereocenters.